The van der Waals surface area contributed by atoms with E-state index in [2.05, 4.69) is 40.3 Å². The molecule has 0 heterocycles. The van der Waals surface area contributed by atoms with Crippen LogP contribution in [0.15, 0.2) is 28.7 Å². The molecule has 18 heavy (non-hydrogen) atoms. The molecule has 1 rings (SSSR count). The van der Waals surface area contributed by atoms with Gasteiger partial charge in [-0.25, -0.2) is 0 Å². The minimum atomic E-state index is 0.139. The maximum Gasteiger partial charge on any atom is 0.236 e. The zero-order valence-corrected chi connectivity index (χ0v) is 12.8. The molecular weight excluding hydrogens is 292 g/mol. The summed E-state index contributed by atoms with van der Waals surface area (Å²) >= 11 is 3.42. The predicted octanol–water partition coefficient (Wildman–Crippen LogP) is 2.45. The lowest BCUT2D eigenvalue weighted by molar-refractivity contribution is -0.128. The number of benzene rings is 1. The molecule has 3 nitrogen and oxygen atoms in total. The van der Waals surface area contributed by atoms with Gasteiger partial charge in [0.25, 0.3) is 0 Å². The van der Waals surface area contributed by atoms with Crippen LogP contribution < -0.4 is 5.32 Å². The molecule has 0 bridgehead atoms. The maximum atomic E-state index is 11.6. The Morgan fingerprint density at radius 1 is 1.39 bits per heavy atom. The highest BCUT2D eigenvalue weighted by atomic mass is 79.9. The fraction of sp³-hybridized carbons (Fsp3) is 0.500. The summed E-state index contributed by atoms with van der Waals surface area (Å²) in [5.41, 5.74) is 1.27. The molecule has 0 saturated heterocycles. The quantitative estimate of drug-likeness (QED) is 0.875. The van der Waals surface area contributed by atoms with Crippen LogP contribution in [0, 0.1) is 0 Å². The molecular formula is C14H21BrN2O. The van der Waals surface area contributed by atoms with Gasteiger partial charge < -0.3 is 10.2 Å². The summed E-state index contributed by atoms with van der Waals surface area (Å²) in [6, 6.07) is 8.57. The molecule has 0 aliphatic rings. The highest BCUT2D eigenvalue weighted by molar-refractivity contribution is 9.10. The summed E-state index contributed by atoms with van der Waals surface area (Å²) in [7, 11) is 1.82. The fourth-order valence-electron chi connectivity index (χ4n) is 1.62. The third-order valence-corrected chi connectivity index (χ3v) is 3.49. The first-order valence-electron chi connectivity index (χ1n) is 6.24. The number of likely N-dealkylation sites (N-methyl/N-ethyl adjacent to an activating group) is 1. The predicted molar refractivity (Wildman–Crippen MR) is 78.6 cm³/mol. The lowest BCUT2D eigenvalue weighted by Gasteiger charge is -2.18. The first kappa shape index (κ1) is 15.2. The molecule has 1 aromatic carbocycles. The van der Waals surface area contributed by atoms with Crippen molar-refractivity contribution in [1.29, 1.82) is 0 Å². The van der Waals surface area contributed by atoms with Gasteiger partial charge in [0, 0.05) is 24.1 Å². The van der Waals surface area contributed by atoms with E-state index >= 15 is 0 Å². The third kappa shape index (κ3) is 5.19. The fourth-order valence-corrected chi connectivity index (χ4v) is 1.88. The molecule has 0 fully saturated rings. The molecule has 4 heteroatoms. The number of carbonyl (C=O) groups is 1. The van der Waals surface area contributed by atoms with Gasteiger partial charge in [-0.2, -0.15) is 0 Å². The van der Waals surface area contributed by atoms with Crippen molar-refractivity contribution in [3.8, 4) is 0 Å². The summed E-state index contributed by atoms with van der Waals surface area (Å²) in [5.74, 6) is 0.139. The molecule has 1 amide bonds. The van der Waals surface area contributed by atoms with Crippen molar-refractivity contribution in [3.05, 3.63) is 34.3 Å². The van der Waals surface area contributed by atoms with E-state index in [1.807, 2.05) is 26.1 Å². The largest absolute Gasteiger partial charge is 0.345 e. The molecule has 0 aliphatic carbocycles. The SMILES string of the molecule is CCN(C)C(=O)CNC(C)Cc1ccc(Br)cc1. The van der Waals surface area contributed by atoms with Gasteiger partial charge in [-0.1, -0.05) is 28.1 Å². The van der Waals surface area contributed by atoms with E-state index < -0.39 is 0 Å². The molecule has 1 aromatic rings. The third-order valence-electron chi connectivity index (χ3n) is 2.96. The maximum absolute atomic E-state index is 11.6. The van der Waals surface area contributed by atoms with Crippen LogP contribution in [0.1, 0.15) is 19.4 Å². The molecule has 0 radical (unpaired) electrons. The van der Waals surface area contributed by atoms with Gasteiger partial charge >= 0.3 is 0 Å². The molecule has 1 N–H and O–H groups in total. The first-order chi connectivity index (χ1) is 8.52. The standard InChI is InChI=1S/C14H21BrN2O/c1-4-17(3)14(18)10-16-11(2)9-12-5-7-13(15)8-6-12/h5-8,11,16H,4,9-10H2,1-3H3. The van der Waals surface area contributed by atoms with Crippen molar-refractivity contribution < 1.29 is 4.79 Å². The van der Waals surface area contributed by atoms with E-state index in [9.17, 15) is 4.79 Å². The molecule has 0 saturated carbocycles. The molecule has 1 atom stereocenters. The number of nitrogens with one attached hydrogen (secondary N) is 1. The second kappa shape index (κ2) is 7.54. The van der Waals surface area contributed by atoms with Gasteiger partial charge in [-0.3, -0.25) is 4.79 Å². The van der Waals surface area contributed by atoms with E-state index in [-0.39, 0.29) is 5.91 Å². The van der Waals surface area contributed by atoms with Gasteiger partial charge in [0.2, 0.25) is 5.91 Å². The lowest BCUT2D eigenvalue weighted by Crippen LogP contribution is -2.39. The van der Waals surface area contributed by atoms with Crippen LogP contribution in [-0.4, -0.2) is 37.0 Å². The summed E-state index contributed by atoms with van der Waals surface area (Å²) in [5, 5.41) is 3.26. The number of rotatable bonds is 6. The highest BCUT2D eigenvalue weighted by Gasteiger charge is 2.09. The van der Waals surface area contributed by atoms with Crippen molar-refractivity contribution in [2.45, 2.75) is 26.3 Å². The van der Waals surface area contributed by atoms with E-state index in [1.165, 1.54) is 5.56 Å². The number of hydrogen-bond acceptors (Lipinski definition) is 2. The number of hydrogen-bond donors (Lipinski definition) is 1. The van der Waals surface area contributed by atoms with Gasteiger partial charge in [0.05, 0.1) is 6.54 Å². The Kier molecular flexibility index (Phi) is 6.36. The zero-order valence-electron chi connectivity index (χ0n) is 11.2. The number of amides is 1. The van der Waals surface area contributed by atoms with Crippen LogP contribution >= 0.6 is 15.9 Å². The van der Waals surface area contributed by atoms with Gasteiger partial charge in [0.1, 0.15) is 0 Å². The van der Waals surface area contributed by atoms with Gasteiger partial charge in [-0.15, -0.1) is 0 Å². The van der Waals surface area contributed by atoms with Crippen molar-refractivity contribution in [3.63, 3.8) is 0 Å². The van der Waals surface area contributed by atoms with Crippen LogP contribution in [-0.2, 0) is 11.2 Å². The second-order valence-electron chi connectivity index (χ2n) is 4.52. The average Bonchev–Trinajstić information content (AvgIpc) is 2.37. The van der Waals surface area contributed by atoms with E-state index in [4.69, 9.17) is 0 Å². The van der Waals surface area contributed by atoms with Crippen molar-refractivity contribution in [1.82, 2.24) is 10.2 Å². The lowest BCUT2D eigenvalue weighted by atomic mass is 10.1. The molecule has 0 spiro atoms. The van der Waals surface area contributed by atoms with Crippen molar-refractivity contribution >= 4 is 21.8 Å². The summed E-state index contributed by atoms with van der Waals surface area (Å²) in [6.07, 6.45) is 0.927. The summed E-state index contributed by atoms with van der Waals surface area (Å²) in [6.45, 7) is 5.23. The molecule has 0 aromatic heterocycles. The van der Waals surface area contributed by atoms with E-state index in [1.54, 1.807) is 4.90 Å². The number of carbonyl (C=O) groups excluding carboxylic acids is 1. The summed E-state index contributed by atoms with van der Waals surface area (Å²) in [4.78, 5) is 13.4. The number of nitrogens with zero attached hydrogens (tertiary/aromatic N) is 1. The Labute approximate surface area is 118 Å². The Bertz CT molecular complexity index is 378. The first-order valence-corrected chi connectivity index (χ1v) is 7.04. The molecule has 100 valence electrons. The van der Waals surface area contributed by atoms with Crippen LogP contribution in [0.25, 0.3) is 0 Å². The van der Waals surface area contributed by atoms with Gasteiger partial charge in [-0.05, 0) is 38.0 Å². The highest BCUT2D eigenvalue weighted by Crippen LogP contribution is 2.11. The second-order valence-corrected chi connectivity index (χ2v) is 5.44. The minimum Gasteiger partial charge on any atom is -0.345 e. The smallest absolute Gasteiger partial charge is 0.236 e. The molecule has 0 aliphatic heterocycles. The van der Waals surface area contributed by atoms with E-state index in [0.717, 1.165) is 17.4 Å². The normalized spacial score (nSPS) is 12.2. The van der Waals surface area contributed by atoms with Gasteiger partial charge in [0.15, 0.2) is 0 Å². The van der Waals surface area contributed by atoms with Crippen LogP contribution in [0.2, 0.25) is 0 Å². The summed E-state index contributed by atoms with van der Waals surface area (Å²) < 4.78 is 1.09. The molecule has 1 unspecified atom stereocenters. The van der Waals surface area contributed by atoms with Crippen LogP contribution in [0.4, 0.5) is 0 Å². The van der Waals surface area contributed by atoms with E-state index in [0.29, 0.717) is 12.6 Å². The van der Waals surface area contributed by atoms with Crippen molar-refractivity contribution in [2.75, 3.05) is 20.1 Å². The average molecular weight is 313 g/mol. The minimum absolute atomic E-state index is 0.139. The Morgan fingerprint density at radius 3 is 2.56 bits per heavy atom. The number of halogens is 1. The van der Waals surface area contributed by atoms with Crippen LogP contribution in [0.3, 0.4) is 0 Å². The Balaban J connectivity index is 2.35. The zero-order chi connectivity index (χ0) is 13.5. The monoisotopic (exact) mass is 312 g/mol. The topological polar surface area (TPSA) is 32.3 Å². The van der Waals surface area contributed by atoms with Crippen LogP contribution in [0.5, 0.6) is 0 Å². The van der Waals surface area contributed by atoms with Crippen molar-refractivity contribution in [2.24, 2.45) is 0 Å². The Hall–Kier alpha value is -0.870. The Morgan fingerprint density at radius 2 is 2.00 bits per heavy atom.